The van der Waals surface area contributed by atoms with Crippen molar-refractivity contribution in [2.75, 3.05) is 19.2 Å². The number of rotatable bonds is 6. The first-order valence-electron chi connectivity index (χ1n) is 12.0. The Morgan fingerprint density at radius 3 is 2.11 bits per heavy atom. The molecule has 8 nitrogen and oxygen atoms in total. The second-order valence-corrected chi connectivity index (χ2v) is 7.06. The molecule has 1 N–H and O–H groups in total. The zero-order valence-electron chi connectivity index (χ0n) is 22.0. The zero-order chi connectivity index (χ0) is 26.5. The summed E-state index contributed by atoms with van der Waals surface area (Å²) in [6, 6.07) is 21.2. The van der Waals surface area contributed by atoms with E-state index >= 15 is 0 Å². The number of hydrazine groups is 1. The van der Waals surface area contributed by atoms with E-state index in [0.717, 1.165) is 11.3 Å². The van der Waals surface area contributed by atoms with Crippen LogP contribution in [0.5, 0.6) is 11.5 Å². The van der Waals surface area contributed by atoms with Crippen LogP contribution >= 0.6 is 0 Å². The van der Waals surface area contributed by atoms with Crippen molar-refractivity contribution in [1.29, 1.82) is 0 Å². The summed E-state index contributed by atoms with van der Waals surface area (Å²) in [5, 5.41) is 10.1. The van der Waals surface area contributed by atoms with Crippen molar-refractivity contribution in [2.45, 2.75) is 40.7 Å². The molecule has 0 aliphatic carbocycles. The molecule has 4 rings (SSSR count). The number of benzene rings is 3. The minimum atomic E-state index is -0.914. The second kappa shape index (κ2) is 14.3. The van der Waals surface area contributed by atoms with Crippen LogP contribution in [0.15, 0.2) is 88.0 Å². The predicted molar refractivity (Wildman–Crippen MR) is 146 cm³/mol. The number of azo groups is 1. The summed E-state index contributed by atoms with van der Waals surface area (Å²) >= 11 is 0. The molecule has 3 aromatic rings. The minimum absolute atomic E-state index is 0.271. The van der Waals surface area contributed by atoms with Gasteiger partial charge in [0.15, 0.2) is 17.3 Å². The third kappa shape index (κ3) is 6.69. The third-order valence-corrected chi connectivity index (χ3v) is 4.97. The molecule has 1 aliphatic rings. The molecule has 8 heteroatoms. The number of anilines is 1. The highest BCUT2D eigenvalue weighted by molar-refractivity contribution is 6.20. The van der Waals surface area contributed by atoms with Crippen LogP contribution < -0.4 is 19.9 Å². The average molecular weight is 490 g/mol. The van der Waals surface area contributed by atoms with Gasteiger partial charge in [-0.25, -0.2) is 10.0 Å². The molecule has 36 heavy (non-hydrogen) atoms. The Labute approximate surface area is 213 Å². The van der Waals surface area contributed by atoms with Crippen molar-refractivity contribution >= 4 is 28.8 Å². The van der Waals surface area contributed by atoms with E-state index in [-0.39, 0.29) is 5.91 Å². The molecule has 3 aromatic carbocycles. The summed E-state index contributed by atoms with van der Waals surface area (Å²) in [5.74, 6) is 1.24. The molecule has 1 saturated heterocycles. The van der Waals surface area contributed by atoms with Crippen LogP contribution in [0.1, 0.15) is 33.3 Å². The first-order valence-corrected chi connectivity index (χ1v) is 12.0. The summed E-state index contributed by atoms with van der Waals surface area (Å²) < 4.78 is 10.6. The SMILES string of the molecule is CC.CC.COc1ccc(N=NC2C(=O)N(c3ccccc3)NC2=Nc2ccccc2C)cc1OC. The van der Waals surface area contributed by atoms with Crippen LogP contribution in [0, 0.1) is 6.92 Å². The Hall–Kier alpha value is -4.20. The highest BCUT2D eigenvalue weighted by atomic mass is 16.5. The first-order chi connectivity index (χ1) is 17.6. The molecule has 0 saturated carbocycles. The van der Waals surface area contributed by atoms with Crippen molar-refractivity contribution in [3.63, 3.8) is 0 Å². The molecule has 190 valence electrons. The number of para-hydroxylation sites is 2. The number of nitrogens with one attached hydrogen (secondary N) is 1. The Morgan fingerprint density at radius 2 is 1.47 bits per heavy atom. The Morgan fingerprint density at radius 1 is 0.833 bits per heavy atom. The molecule has 0 radical (unpaired) electrons. The highest BCUT2D eigenvalue weighted by Crippen LogP contribution is 2.32. The van der Waals surface area contributed by atoms with Crippen LogP contribution in [-0.2, 0) is 4.79 Å². The highest BCUT2D eigenvalue weighted by Gasteiger charge is 2.39. The summed E-state index contributed by atoms with van der Waals surface area (Å²) in [6.45, 7) is 9.96. The second-order valence-electron chi connectivity index (χ2n) is 7.06. The van der Waals surface area contributed by atoms with Gasteiger partial charge in [0.2, 0.25) is 6.04 Å². The van der Waals surface area contributed by atoms with Gasteiger partial charge in [0, 0.05) is 6.07 Å². The van der Waals surface area contributed by atoms with Gasteiger partial charge in [-0.1, -0.05) is 64.1 Å². The van der Waals surface area contributed by atoms with Crippen LogP contribution in [-0.4, -0.2) is 32.0 Å². The molecule has 0 spiro atoms. The number of amidine groups is 1. The Bertz CT molecular complexity index is 1180. The number of ether oxygens (including phenoxy) is 2. The molecule has 1 heterocycles. The van der Waals surface area contributed by atoms with Crippen LogP contribution in [0.4, 0.5) is 17.1 Å². The van der Waals surface area contributed by atoms with Gasteiger partial charge in [-0.3, -0.25) is 10.2 Å². The summed E-state index contributed by atoms with van der Waals surface area (Å²) in [7, 11) is 3.11. The molecule has 1 amide bonds. The maximum atomic E-state index is 13.2. The summed E-state index contributed by atoms with van der Waals surface area (Å²) in [6.07, 6.45) is 0. The van der Waals surface area contributed by atoms with Crippen molar-refractivity contribution in [2.24, 2.45) is 15.2 Å². The van der Waals surface area contributed by atoms with Gasteiger partial charge in [0.05, 0.1) is 31.3 Å². The molecule has 1 aliphatic heterocycles. The normalized spacial score (nSPS) is 15.5. The van der Waals surface area contributed by atoms with E-state index in [0.29, 0.717) is 28.7 Å². The van der Waals surface area contributed by atoms with E-state index in [4.69, 9.17) is 9.47 Å². The lowest BCUT2D eigenvalue weighted by molar-refractivity contribution is -0.117. The topological polar surface area (TPSA) is 87.9 Å². The zero-order valence-corrected chi connectivity index (χ0v) is 22.0. The number of aryl methyl sites for hydroxylation is 1. The lowest BCUT2D eigenvalue weighted by Crippen LogP contribution is -2.35. The van der Waals surface area contributed by atoms with Gasteiger partial charge in [0.25, 0.3) is 5.91 Å². The third-order valence-electron chi connectivity index (χ3n) is 4.97. The van der Waals surface area contributed by atoms with E-state index in [1.807, 2.05) is 89.2 Å². The van der Waals surface area contributed by atoms with Crippen LogP contribution in [0.25, 0.3) is 0 Å². The number of carbonyl (C=O) groups excluding carboxylic acids is 1. The molecule has 1 unspecified atom stereocenters. The molecule has 0 aromatic heterocycles. The molecule has 0 bridgehead atoms. The lowest BCUT2D eigenvalue weighted by Gasteiger charge is -2.15. The molecule has 1 atom stereocenters. The van der Waals surface area contributed by atoms with Gasteiger partial charge >= 0.3 is 0 Å². The van der Waals surface area contributed by atoms with Gasteiger partial charge in [-0.05, 0) is 42.8 Å². The van der Waals surface area contributed by atoms with Crippen LogP contribution in [0.3, 0.4) is 0 Å². The van der Waals surface area contributed by atoms with Crippen LogP contribution in [0.2, 0.25) is 0 Å². The molecular weight excluding hydrogens is 454 g/mol. The minimum Gasteiger partial charge on any atom is -0.493 e. The van der Waals surface area contributed by atoms with Crippen molar-refractivity contribution in [1.82, 2.24) is 5.43 Å². The standard InChI is InChI=1S/C24H23N5O3.2C2H6/c1-16-9-7-8-12-19(16)25-23-22(24(30)29(28-23)18-10-5-4-6-11-18)27-26-17-13-14-20(31-2)21(15-17)32-3;2*1-2/h4-15,22H,1-3H3,(H,25,28);2*1-2H3. The monoisotopic (exact) mass is 489 g/mol. The van der Waals surface area contributed by atoms with Crippen molar-refractivity contribution < 1.29 is 14.3 Å². The molecular formula is C28H35N5O3. The average Bonchev–Trinajstić information content (AvgIpc) is 3.25. The molecule has 1 fully saturated rings. The Kier molecular flexibility index (Phi) is 11.1. The number of nitrogens with zero attached hydrogens (tertiary/aromatic N) is 4. The largest absolute Gasteiger partial charge is 0.493 e. The maximum Gasteiger partial charge on any atom is 0.280 e. The first kappa shape index (κ1) is 28.0. The van der Waals surface area contributed by atoms with Gasteiger partial charge in [-0.15, -0.1) is 0 Å². The summed E-state index contributed by atoms with van der Waals surface area (Å²) in [4.78, 5) is 17.9. The van der Waals surface area contributed by atoms with E-state index in [1.54, 1.807) is 32.4 Å². The fraction of sp³-hybridized carbons (Fsp3) is 0.286. The number of amides is 1. The van der Waals surface area contributed by atoms with E-state index in [9.17, 15) is 4.79 Å². The maximum absolute atomic E-state index is 13.2. The fourth-order valence-electron chi connectivity index (χ4n) is 3.26. The van der Waals surface area contributed by atoms with Gasteiger partial charge in [-0.2, -0.15) is 10.2 Å². The van der Waals surface area contributed by atoms with E-state index in [2.05, 4.69) is 20.6 Å². The number of aliphatic imine (C=N–C) groups is 1. The van der Waals surface area contributed by atoms with Gasteiger partial charge < -0.3 is 9.47 Å². The number of hydrogen-bond donors (Lipinski definition) is 1. The van der Waals surface area contributed by atoms with Crippen molar-refractivity contribution in [3.05, 3.63) is 78.4 Å². The quantitative estimate of drug-likeness (QED) is 0.386. The number of methoxy groups -OCH3 is 2. The Balaban J connectivity index is 0.00000109. The number of carbonyl (C=O) groups is 1. The fourth-order valence-corrected chi connectivity index (χ4v) is 3.26. The van der Waals surface area contributed by atoms with E-state index < -0.39 is 6.04 Å². The lowest BCUT2D eigenvalue weighted by atomic mass is 10.2. The van der Waals surface area contributed by atoms with Gasteiger partial charge in [0.1, 0.15) is 0 Å². The predicted octanol–water partition coefficient (Wildman–Crippen LogP) is 6.80. The van der Waals surface area contributed by atoms with Crippen molar-refractivity contribution in [3.8, 4) is 11.5 Å². The van der Waals surface area contributed by atoms with E-state index in [1.165, 1.54) is 5.01 Å². The number of hydrogen-bond acceptors (Lipinski definition) is 6. The smallest absolute Gasteiger partial charge is 0.280 e. The summed E-state index contributed by atoms with van der Waals surface area (Å²) in [5.41, 5.74) is 6.06.